The molecule has 4 nitrogen and oxygen atoms in total. The van der Waals surface area contributed by atoms with Crippen LogP contribution in [0.1, 0.15) is 41.7 Å². The van der Waals surface area contributed by atoms with E-state index < -0.39 is 0 Å². The number of nitrogens with one attached hydrogen (secondary N) is 1. The molecule has 0 saturated heterocycles. The number of benzene rings is 2. The molecule has 1 N–H and O–H groups in total. The van der Waals surface area contributed by atoms with E-state index in [0.29, 0.717) is 6.61 Å². The molecule has 0 aliphatic heterocycles. The maximum atomic E-state index is 12.6. The summed E-state index contributed by atoms with van der Waals surface area (Å²) in [7, 11) is 0. The first kappa shape index (κ1) is 19.7. The third kappa shape index (κ3) is 3.81. The number of carbonyl (C=O) groups is 1. The van der Waals surface area contributed by atoms with Gasteiger partial charge in [0.1, 0.15) is 11.3 Å². The molecule has 0 radical (unpaired) electrons. The summed E-state index contributed by atoms with van der Waals surface area (Å²) in [4.78, 5) is 12.6. The van der Waals surface area contributed by atoms with Crippen LogP contribution in [0.25, 0.3) is 16.5 Å². The highest BCUT2D eigenvalue weighted by Crippen LogP contribution is 2.37. The maximum Gasteiger partial charge on any atom is 0.248 e. The third-order valence-electron chi connectivity index (χ3n) is 4.94. The Hall–Kier alpha value is -3.01. The van der Waals surface area contributed by atoms with E-state index in [4.69, 9.17) is 9.15 Å². The zero-order chi connectivity index (χ0) is 20.4. The quantitative estimate of drug-likeness (QED) is 0.546. The Labute approximate surface area is 166 Å². The Morgan fingerprint density at radius 3 is 2.57 bits per heavy atom. The maximum absolute atomic E-state index is 12.6. The van der Waals surface area contributed by atoms with Crippen LogP contribution in [0.15, 0.2) is 41.0 Å². The van der Waals surface area contributed by atoms with E-state index in [1.165, 1.54) is 5.56 Å². The number of furan rings is 1. The smallest absolute Gasteiger partial charge is 0.248 e. The SMILES string of the molecule is CCOc1c(/C(C)=C/C(=O)Nc2ccc(C)cc2C)cc2c(C)coc2c1C. The highest BCUT2D eigenvalue weighted by molar-refractivity contribution is 6.05. The van der Waals surface area contributed by atoms with Gasteiger partial charge in [0.2, 0.25) is 5.91 Å². The van der Waals surface area contributed by atoms with Crippen LogP contribution in [-0.2, 0) is 4.79 Å². The van der Waals surface area contributed by atoms with Gasteiger partial charge in [0.25, 0.3) is 0 Å². The van der Waals surface area contributed by atoms with Gasteiger partial charge in [-0.05, 0) is 70.4 Å². The van der Waals surface area contributed by atoms with Crippen molar-refractivity contribution in [3.63, 3.8) is 0 Å². The summed E-state index contributed by atoms with van der Waals surface area (Å²) in [6, 6.07) is 8.02. The Morgan fingerprint density at radius 1 is 1.14 bits per heavy atom. The second-order valence-electron chi connectivity index (χ2n) is 7.24. The van der Waals surface area contributed by atoms with Crippen molar-refractivity contribution in [1.82, 2.24) is 0 Å². The molecule has 3 aromatic rings. The minimum absolute atomic E-state index is 0.159. The summed E-state index contributed by atoms with van der Waals surface area (Å²) in [5.74, 6) is 0.603. The van der Waals surface area contributed by atoms with E-state index in [-0.39, 0.29) is 5.91 Å². The molecule has 0 unspecified atom stereocenters. The molecule has 0 bridgehead atoms. The molecule has 2 aromatic carbocycles. The van der Waals surface area contributed by atoms with E-state index in [0.717, 1.165) is 50.2 Å². The van der Waals surface area contributed by atoms with Crippen molar-refractivity contribution in [3.05, 3.63) is 64.4 Å². The number of fused-ring (bicyclic) bond motifs is 1. The van der Waals surface area contributed by atoms with Crippen LogP contribution >= 0.6 is 0 Å². The predicted molar refractivity (Wildman–Crippen MR) is 115 cm³/mol. The lowest BCUT2D eigenvalue weighted by Crippen LogP contribution is -2.10. The van der Waals surface area contributed by atoms with Crippen molar-refractivity contribution in [3.8, 4) is 5.75 Å². The van der Waals surface area contributed by atoms with Crippen molar-refractivity contribution in [2.45, 2.75) is 41.5 Å². The zero-order valence-electron chi connectivity index (χ0n) is 17.4. The number of anilines is 1. The van der Waals surface area contributed by atoms with Crippen LogP contribution in [0.3, 0.4) is 0 Å². The molecule has 146 valence electrons. The van der Waals surface area contributed by atoms with E-state index in [2.05, 4.69) is 11.4 Å². The molecular weight excluding hydrogens is 350 g/mol. The van der Waals surface area contributed by atoms with Crippen LogP contribution in [-0.4, -0.2) is 12.5 Å². The summed E-state index contributed by atoms with van der Waals surface area (Å²) >= 11 is 0. The van der Waals surface area contributed by atoms with Gasteiger partial charge in [0.05, 0.1) is 12.9 Å². The monoisotopic (exact) mass is 377 g/mol. The largest absolute Gasteiger partial charge is 0.493 e. The topological polar surface area (TPSA) is 51.5 Å². The van der Waals surface area contributed by atoms with E-state index in [9.17, 15) is 4.79 Å². The van der Waals surface area contributed by atoms with Crippen molar-refractivity contribution in [2.75, 3.05) is 11.9 Å². The van der Waals surface area contributed by atoms with E-state index in [1.807, 2.05) is 59.7 Å². The van der Waals surface area contributed by atoms with Crippen molar-refractivity contribution >= 4 is 28.1 Å². The number of carbonyl (C=O) groups excluding carboxylic acids is 1. The first-order chi connectivity index (χ1) is 13.3. The first-order valence-corrected chi connectivity index (χ1v) is 9.53. The molecule has 3 rings (SSSR count). The molecule has 1 amide bonds. The number of amides is 1. The summed E-state index contributed by atoms with van der Waals surface area (Å²) in [6.45, 7) is 12.5. The Morgan fingerprint density at radius 2 is 1.89 bits per heavy atom. The number of hydrogen-bond acceptors (Lipinski definition) is 3. The fourth-order valence-electron chi connectivity index (χ4n) is 3.46. The molecule has 0 aliphatic rings. The average molecular weight is 377 g/mol. The normalized spacial score (nSPS) is 11.7. The van der Waals surface area contributed by atoms with Gasteiger partial charge in [-0.2, -0.15) is 0 Å². The number of rotatable bonds is 5. The van der Waals surface area contributed by atoms with Crippen LogP contribution in [0, 0.1) is 27.7 Å². The second-order valence-corrected chi connectivity index (χ2v) is 7.24. The van der Waals surface area contributed by atoms with Gasteiger partial charge in [-0.15, -0.1) is 0 Å². The lowest BCUT2D eigenvalue weighted by Gasteiger charge is -2.15. The molecule has 4 heteroatoms. The minimum atomic E-state index is -0.159. The third-order valence-corrected chi connectivity index (χ3v) is 4.94. The van der Waals surface area contributed by atoms with Gasteiger partial charge in [0, 0.05) is 28.3 Å². The average Bonchev–Trinajstić information content (AvgIpc) is 3.01. The van der Waals surface area contributed by atoms with Gasteiger partial charge >= 0.3 is 0 Å². The molecule has 0 atom stereocenters. The molecule has 1 aromatic heterocycles. The molecule has 0 spiro atoms. The van der Waals surface area contributed by atoms with Crippen molar-refractivity contribution in [2.24, 2.45) is 0 Å². The van der Waals surface area contributed by atoms with E-state index in [1.54, 1.807) is 12.3 Å². The number of aryl methyl sites for hydroxylation is 4. The van der Waals surface area contributed by atoms with Gasteiger partial charge in [0.15, 0.2) is 0 Å². The Balaban J connectivity index is 1.99. The molecule has 0 fully saturated rings. The van der Waals surface area contributed by atoms with Gasteiger partial charge in [-0.3, -0.25) is 4.79 Å². The van der Waals surface area contributed by atoms with Crippen LogP contribution in [0.5, 0.6) is 5.75 Å². The predicted octanol–water partition coefficient (Wildman–Crippen LogP) is 6.11. The molecule has 28 heavy (non-hydrogen) atoms. The lowest BCUT2D eigenvalue weighted by molar-refractivity contribution is -0.111. The van der Waals surface area contributed by atoms with Crippen molar-refractivity contribution in [1.29, 1.82) is 0 Å². The van der Waals surface area contributed by atoms with E-state index >= 15 is 0 Å². The van der Waals surface area contributed by atoms with Crippen molar-refractivity contribution < 1.29 is 13.9 Å². The molecular formula is C24H27NO3. The standard InChI is InChI=1S/C24H27NO3/c1-7-27-23-18(6)24-20(17(5)13-28-24)12-19(23)15(3)11-22(26)25-21-9-8-14(2)10-16(21)4/h8-13H,7H2,1-6H3,(H,25,26)/b15-11+. The summed E-state index contributed by atoms with van der Waals surface area (Å²) in [5, 5.41) is 4.01. The summed E-state index contributed by atoms with van der Waals surface area (Å²) < 4.78 is 11.6. The Kier molecular flexibility index (Phi) is 5.59. The Bertz CT molecular complexity index is 1070. The number of allylic oxidation sites excluding steroid dienone is 1. The van der Waals surface area contributed by atoms with Crippen LogP contribution < -0.4 is 10.1 Å². The number of hydrogen-bond donors (Lipinski definition) is 1. The van der Waals surface area contributed by atoms with Crippen LogP contribution in [0.2, 0.25) is 0 Å². The van der Waals surface area contributed by atoms with Crippen LogP contribution in [0.4, 0.5) is 5.69 Å². The lowest BCUT2D eigenvalue weighted by atomic mass is 9.98. The number of ether oxygens (including phenoxy) is 1. The fraction of sp³-hybridized carbons (Fsp3) is 0.292. The minimum Gasteiger partial charge on any atom is -0.493 e. The molecule has 1 heterocycles. The fourth-order valence-corrected chi connectivity index (χ4v) is 3.46. The first-order valence-electron chi connectivity index (χ1n) is 9.53. The molecule has 0 aliphatic carbocycles. The highest BCUT2D eigenvalue weighted by Gasteiger charge is 2.17. The zero-order valence-corrected chi connectivity index (χ0v) is 17.4. The van der Waals surface area contributed by atoms with Gasteiger partial charge < -0.3 is 14.5 Å². The summed E-state index contributed by atoms with van der Waals surface area (Å²) in [6.07, 6.45) is 3.38. The summed E-state index contributed by atoms with van der Waals surface area (Å²) in [5.41, 5.74) is 7.63. The van der Waals surface area contributed by atoms with Gasteiger partial charge in [-0.1, -0.05) is 17.7 Å². The van der Waals surface area contributed by atoms with Gasteiger partial charge in [-0.25, -0.2) is 0 Å². The second kappa shape index (κ2) is 7.93. The molecule has 0 saturated carbocycles. The highest BCUT2D eigenvalue weighted by atomic mass is 16.5.